The van der Waals surface area contributed by atoms with Crippen molar-refractivity contribution in [1.82, 2.24) is 0 Å². The normalized spacial score (nSPS) is 16.0. The van der Waals surface area contributed by atoms with Gasteiger partial charge in [0.05, 0.1) is 76.2 Å². The molecule has 6 rings (SSSR count). The summed E-state index contributed by atoms with van der Waals surface area (Å²) in [4.78, 5) is 0. The highest BCUT2D eigenvalue weighted by Gasteiger charge is 2.36. The van der Waals surface area contributed by atoms with Crippen LogP contribution in [0.1, 0.15) is 40.8 Å². The third-order valence-corrected chi connectivity index (χ3v) is 9.05. The molecule has 4 aromatic rings. The molecule has 2 unspecified atom stereocenters. The van der Waals surface area contributed by atoms with Crippen LogP contribution in [-0.2, 0) is 28.9 Å². The third-order valence-electron chi connectivity index (χ3n) is 9.05. The largest absolute Gasteiger partial charge is 0.504 e. The minimum Gasteiger partial charge on any atom is -0.504 e. The van der Waals surface area contributed by atoms with Crippen molar-refractivity contribution >= 4 is 0 Å². The van der Waals surface area contributed by atoms with E-state index in [0.29, 0.717) is 83.2 Å². The number of aromatic hydroxyl groups is 2. The van der Waals surface area contributed by atoms with Crippen LogP contribution in [0.4, 0.5) is 0 Å². The predicted octanol–water partition coefficient (Wildman–Crippen LogP) is 6.64. The van der Waals surface area contributed by atoms with Gasteiger partial charge in [0.1, 0.15) is 17.6 Å². The molecular weight excluding hydrogens is 660 g/mol. The Hall–Kier alpha value is -5.20. The minimum absolute atomic E-state index is 0.201. The molecule has 2 aliphatic rings. The molecule has 274 valence electrons. The molecule has 4 aromatic carbocycles. The monoisotopic (exact) mass is 706 g/mol. The zero-order chi connectivity index (χ0) is 36.8. The number of fused-ring (bicyclic) bond motifs is 2. The van der Waals surface area contributed by atoms with Gasteiger partial charge in [-0.1, -0.05) is 6.07 Å². The van der Waals surface area contributed by atoms with E-state index < -0.39 is 6.10 Å². The number of hydrogen-bond donors (Lipinski definition) is 2. The molecule has 0 bridgehead atoms. The second-order valence-corrected chi connectivity index (χ2v) is 11.8. The van der Waals surface area contributed by atoms with Crippen LogP contribution in [0.5, 0.6) is 57.5 Å². The zero-order valence-corrected chi connectivity index (χ0v) is 30.5. The molecule has 0 aromatic heterocycles. The second-order valence-electron chi connectivity index (χ2n) is 11.8. The van der Waals surface area contributed by atoms with E-state index in [9.17, 15) is 10.2 Å². The molecule has 0 aliphatic carbocycles. The van der Waals surface area contributed by atoms with Gasteiger partial charge in [-0.15, -0.1) is 0 Å². The Morgan fingerprint density at radius 2 is 1.20 bits per heavy atom. The van der Waals surface area contributed by atoms with Crippen LogP contribution >= 0.6 is 0 Å². The molecule has 0 spiro atoms. The van der Waals surface area contributed by atoms with E-state index in [1.54, 1.807) is 75.1 Å². The van der Waals surface area contributed by atoms with Crippen LogP contribution in [-0.4, -0.2) is 79.8 Å². The first-order valence-corrected chi connectivity index (χ1v) is 16.3. The number of ether oxygens (including phenoxy) is 10. The number of methoxy groups -OCH3 is 8. The third kappa shape index (κ3) is 7.06. The average Bonchev–Trinajstić information content (AvgIpc) is 3.17. The fourth-order valence-corrected chi connectivity index (χ4v) is 6.74. The first-order valence-electron chi connectivity index (χ1n) is 16.3. The summed E-state index contributed by atoms with van der Waals surface area (Å²) in [5.41, 5.74) is 5.62. The Balaban J connectivity index is 0.000000357. The minimum atomic E-state index is -0.716. The van der Waals surface area contributed by atoms with Crippen LogP contribution in [0.3, 0.4) is 0 Å². The van der Waals surface area contributed by atoms with E-state index in [1.165, 1.54) is 0 Å². The van der Waals surface area contributed by atoms with Gasteiger partial charge in [0.25, 0.3) is 0 Å². The molecule has 0 radical (unpaired) electrons. The summed E-state index contributed by atoms with van der Waals surface area (Å²) in [6.45, 7) is 2.95. The van der Waals surface area contributed by atoms with Crippen molar-refractivity contribution in [2.24, 2.45) is 0 Å². The molecule has 12 nitrogen and oxygen atoms in total. The van der Waals surface area contributed by atoms with Gasteiger partial charge in [-0.3, -0.25) is 0 Å². The maximum absolute atomic E-state index is 11.2. The number of hydrogen-bond acceptors (Lipinski definition) is 12. The van der Waals surface area contributed by atoms with Gasteiger partial charge in [-0.25, -0.2) is 0 Å². The number of para-hydroxylation sites is 1. The fraction of sp³-hybridized carbons (Fsp3) is 0.385. The van der Waals surface area contributed by atoms with Crippen LogP contribution in [0.15, 0.2) is 42.5 Å². The van der Waals surface area contributed by atoms with Gasteiger partial charge in [0, 0.05) is 22.8 Å². The predicted molar refractivity (Wildman–Crippen MR) is 190 cm³/mol. The van der Waals surface area contributed by atoms with Gasteiger partial charge in [0.2, 0.25) is 11.5 Å². The molecule has 2 atom stereocenters. The lowest BCUT2D eigenvalue weighted by Gasteiger charge is -2.34. The molecular formula is C39H46O12. The summed E-state index contributed by atoms with van der Waals surface area (Å²) in [5.74, 6) is 4.17. The highest BCUT2D eigenvalue weighted by Crippen LogP contribution is 2.53. The molecule has 2 heterocycles. The van der Waals surface area contributed by atoms with Crippen molar-refractivity contribution in [3.63, 3.8) is 0 Å². The molecule has 2 N–H and O–H groups in total. The van der Waals surface area contributed by atoms with Crippen molar-refractivity contribution in [1.29, 1.82) is 0 Å². The number of phenols is 2. The van der Waals surface area contributed by atoms with E-state index in [0.717, 1.165) is 27.8 Å². The first-order chi connectivity index (χ1) is 24.7. The number of rotatable bonds is 10. The number of benzene rings is 4. The molecule has 0 saturated carbocycles. The van der Waals surface area contributed by atoms with Crippen molar-refractivity contribution in [2.45, 2.75) is 38.6 Å². The summed E-state index contributed by atoms with van der Waals surface area (Å²) in [5, 5.41) is 22.3. The Labute approximate surface area is 298 Å². The summed E-state index contributed by atoms with van der Waals surface area (Å²) in [6, 6.07) is 12.5. The first kappa shape index (κ1) is 37.1. The van der Waals surface area contributed by atoms with E-state index in [-0.39, 0.29) is 17.6 Å². The van der Waals surface area contributed by atoms with Crippen molar-refractivity contribution < 1.29 is 57.6 Å². The van der Waals surface area contributed by atoms with Crippen LogP contribution in [0.25, 0.3) is 11.1 Å². The molecule has 0 saturated heterocycles. The van der Waals surface area contributed by atoms with Crippen molar-refractivity contribution in [3.8, 4) is 68.6 Å². The Morgan fingerprint density at radius 3 is 1.75 bits per heavy atom. The van der Waals surface area contributed by atoms with Crippen LogP contribution in [0.2, 0.25) is 0 Å². The Kier molecular flexibility index (Phi) is 11.8. The van der Waals surface area contributed by atoms with E-state index in [4.69, 9.17) is 47.4 Å². The zero-order valence-electron chi connectivity index (χ0n) is 30.5. The summed E-state index contributed by atoms with van der Waals surface area (Å²) >= 11 is 0. The second kappa shape index (κ2) is 16.2. The number of phenolic OH excluding ortho intramolecular Hbond substituents is 2. The lowest BCUT2D eigenvalue weighted by molar-refractivity contribution is 0.00567. The summed E-state index contributed by atoms with van der Waals surface area (Å²) < 4.78 is 55.6. The van der Waals surface area contributed by atoms with Crippen molar-refractivity contribution in [3.05, 3.63) is 70.3 Å². The molecule has 51 heavy (non-hydrogen) atoms. The fourth-order valence-electron chi connectivity index (χ4n) is 6.74. The van der Waals surface area contributed by atoms with E-state index >= 15 is 0 Å². The van der Waals surface area contributed by atoms with Gasteiger partial charge >= 0.3 is 0 Å². The van der Waals surface area contributed by atoms with E-state index in [2.05, 4.69) is 0 Å². The van der Waals surface area contributed by atoms with Gasteiger partial charge in [-0.2, -0.15) is 0 Å². The quantitative estimate of drug-likeness (QED) is 0.171. The van der Waals surface area contributed by atoms with Gasteiger partial charge < -0.3 is 57.6 Å². The maximum Gasteiger partial charge on any atom is 0.203 e. The van der Waals surface area contributed by atoms with Crippen LogP contribution in [0, 0.1) is 0 Å². The Morgan fingerprint density at radius 1 is 0.627 bits per heavy atom. The Bertz CT molecular complexity index is 1810. The SMILES string of the molecule is COc1cc(OC)c(-c2cc(O)c(O)c3c2CC(C)OC3c2cc(OC)c(OC)c(OC)c2)c2c1COCC2.COc1cccc(OC)c1OC. The topological polar surface area (TPSA) is 133 Å². The molecule has 2 aliphatic heterocycles. The van der Waals surface area contributed by atoms with Gasteiger partial charge in [0.15, 0.2) is 34.5 Å². The van der Waals surface area contributed by atoms with Crippen molar-refractivity contribution in [2.75, 3.05) is 63.5 Å². The molecule has 0 fully saturated rings. The average molecular weight is 707 g/mol. The lowest BCUT2D eigenvalue weighted by atomic mass is 9.81. The van der Waals surface area contributed by atoms with Gasteiger partial charge in [-0.05, 0) is 72.4 Å². The molecule has 12 heteroatoms. The smallest absolute Gasteiger partial charge is 0.203 e. The maximum atomic E-state index is 11.2. The standard InChI is InChI=1S/C30H34O9.C9H12O3/c1-15-9-18-19(26-17-7-8-38-14-20(17)22(33-2)13-23(26)34-3)12-21(31)28(32)27(18)29(39-15)16-10-24(35-4)30(37-6)25(11-16)36-5;1-10-7-5-4-6-8(11-2)9(7)12-3/h10-13,15,29,31-32H,7-9,14H2,1-6H3;4-6H,1-3H3. The highest BCUT2D eigenvalue weighted by molar-refractivity contribution is 5.83. The highest BCUT2D eigenvalue weighted by atomic mass is 16.5. The summed E-state index contributed by atoms with van der Waals surface area (Å²) in [6.07, 6.45) is 0.246. The lowest BCUT2D eigenvalue weighted by Crippen LogP contribution is -2.25. The molecule has 0 amide bonds. The summed E-state index contributed by atoms with van der Waals surface area (Å²) in [7, 11) is 12.6. The van der Waals surface area contributed by atoms with Crippen LogP contribution < -0.4 is 37.9 Å². The van der Waals surface area contributed by atoms with E-state index in [1.807, 2.05) is 31.2 Å².